The molecule has 166 valence electrons. The van der Waals surface area contributed by atoms with E-state index in [4.69, 9.17) is 4.74 Å². The van der Waals surface area contributed by atoms with Crippen molar-refractivity contribution in [2.24, 2.45) is 0 Å². The summed E-state index contributed by atoms with van der Waals surface area (Å²) in [6, 6.07) is 11.7. The number of aromatic hydroxyl groups is 1. The molecule has 0 saturated heterocycles. The Morgan fingerprint density at radius 3 is 2.50 bits per heavy atom. The van der Waals surface area contributed by atoms with Gasteiger partial charge in [-0.05, 0) is 61.6 Å². The van der Waals surface area contributed by atoms with Crippen molar-refractivity contribution in [1.82, 2.24) is 5.32 Å². The maximum Gasteiger partial charge on any atom is 0.126 e. The van der Waals surface area contributed by atoms with Gasteiger partial charge in [0.25, 0.3) is 0 Å². The summed E-state index contributed by atoms with van der Waals surface area (Å²) in [5, 5.41) is 32.2. The van der Waals surface area contributed by atoms with Gasteiger partial charge in [-0.15, -0.1) is 0 Å². The molecule has 5 nitrogen and oxygen atoms in total. The number of phenols is 1. The Balaban J connectivity index is 1.42. The van der Waals surface area contributed by atoms with E-state index in [1.807, 2.05) is 12.1 Å². The average molecular weight is 420 g/mol. The zero-order valence-corrected chi connectivity index (χ0v) is 17.5. The molecule has 0 aliphatic carbocycles. The SMILES string of the molecule is OCc1cc(C(O)CNCCCCCCOCCCc2ccccc2F)ccc1O. The van der Waals surface area contributed by atoms with Crippen LogP contribution in [0, 0.1) is 5.82 Å². The minimum absolute atomic E-state index is 0.0375. The van der Waals surface area contributed by atoms with E-state index in [1.165, 1.54) is 12.1 Å². The number of rotatable bonds is 15. The molecule has 0 radical (unpaired) electrons. The second kappa shape index (κ2) is 14.1. The third kappa shape index (κ3) is 8.79. The maximum atomic E-state index is 13.5. The first-order valence-corrected chi connectivity index (χ1v) is 10.7. The molecule has 0 aromatic heterocycles. The Morgan fingerprint density at radius 2 is 1.70 bits per heavy atom. The van der Waals surface area contributed by atoms with Gasteiger partial charge in [0.05, 0.1) is 12.7 Å². The number of nitrogens with one attached hydrogen (secondary N) is 1. The van der Waals surface area contributed by atoms with Crippen LogP contribution in [0.4, 0.5) is 4.39 Å². The Kier molecular flexibility index (Phi) is 11.4. The van der Waals surface area contributed by atoms with E-state index in [-0.39, 0.29) is 18.2 Å². The number of unbranched alkanes of at least 4 members (excludes halogenated alkanes) is 3. The van der Waals surface area contributed by atoms with Crippen LogP contribution in [0.3, 0.4) is 0 Å². The third-order valence-corrected chi connectivity index (χ3v) is 5.08. The maximum absolute atomic E-state index is 13.5. The minimum Gasteiger partial charge on any atom is -0.508 e. The molecule has 30 heavy (non-hydrogen) atoms. The molecule has 0 heterocycles. The number of aryl methyl sites for hydroxylation is 1. The summed E-state index contributed by atoms with van der Waals surface area (Å²) in [6.07, 6.45) is 5.08. The van der Waals surface area contributed by atoms with E-state index >= 15 is 0 Å². The fourth-order valence-electron chi connectivity index (χ4n) is 3.27. The van der Waals surface area contributed by atoms with E-state index in [0.717, 1.165) is 50.8 Å². The monoisotopic (exact) mass is 419 g/mol. The van der Waals surface area contributed by atoms with Crippen LogP contribution in [0.25, 0.3) is 0 Å². The van der Waals surface area contributed by atoms with Gasteiger partial charge in [-0.25, -0.2) is 4.39 Å². The first-order valence-electron chi connectivity index (χ1n) is 10.7. The largest absolute Gasteiger partial charge is 0.508 e. The molecule has 1 unspecified atom stereocenters. The molecule has 0 saturated carbocycles. The summed E-state index contributed by atoms with van der Waals surface area (Å²) >= 11 is 0. The normalized spacial score (nSPS) is 12.2. The van der Waals surface area contributed by atoms with Crippen LogP contribution >= 0.6 is 0 Å². The molecule has 1 atom stereocenters. The molecule has 4 N–H and O–H groups in total. The summed E-state index contributed by atoms with van der Waals surface area (Å²) in [6.45, 7) is 2.39. The molecule has 0 aliphatic heterocycles. The van der Waals surface area contributed by atoms with Crippen LogP contribution in [0.15, 0.2) is 42.5 Å². The smallest absolute Gasteiger partial charge is 0.126 e. The molecule has 0 spiro atoms. The van der Waals surface area contributed by atoms with E-state index in [9.17, 15) is 19.7 Å². The summed E-state index contributed by atoms with van der Waals surface area (Å²) in [5.74, 6) is -0.105. The number of ether oxygens (including phenoxy) is 1. The van der Waals surface area contributed by atoms with Crippen LogP contribution in [0.1, 0.15) is 54.9 Å². The highest BCUT2D eigenvalue weighted by Gasteiger charge is 2.09. The number of hydrogen-bond donors (Lipinski definition) is 4. The Bertz CT molecular complexity index is 741. The minimum atomic E-state index is -0.673. The Labute approximate surface area is 178 Å². The fourth-order valence-corrected chi connectivity index (χ4v) is 3.27. The van der Waals surface area contributed by atoms with Crippen molar-refractivity contribution in [3.8, 4) is 5.75 Å². The lowest BCUT2D eigenvalue weighted by Crippen LogP contribution is -2.22. The van der Waals surface area contributed by atoms with Crippen LogP contribution < -0.4 is 5.32 Å². The molecule has 0 bridgehead atoms. The van der Waals surface area contributed by atoms with Gasteiger partial charge in [-0.1, -0.05) is 37.1 Å². The molecule has 0 fully saturated rings. The van der Waals surface area contributed by atoms with E-state index in [2.05, 4.69) is 5.32 Å². The standard InChI is InChI=1S/C24H34FNO4/c25-22-10-4-3-8-19(22)9-7-15-30-14-6-2-1-5-13-26-17-24(29)20-11-12-23(28)21(16-20)18-27/h3-4,8,10-12,16,24,26-29H,1-2,5-7,9,13-15,17-18H2. The molecular weight excluding hydrogens is 385 g/mol. The van der Waals surface area contributed by atoms with Crippen molar-refractivity contribution in [3.05, 3.63) is 65.0 Å². The number of benzene rings is 2. The highest BCUT2D eigenvalue weighted by Crippen LogP contribution is 2.22. The number of halogens is 1. The van der Waals surface area contributed by atoms with E-state index < -0.39 is 6.10 Å². The van der Waals surface area contributed by atoms with Crippen molar-refractivity contribution < 1.29 is 24.4 Å². The van der Waals surface area contributed by atoms with Crippen molar-refractivity contribution >= 4 is 0 Å². The Hall–Kier alpha value is -1.99. The molecule has 0 amide bonds. The quantitative estimate of drug-likeness (QED) is 0.330. The van der Waals surface area contributed by atoms with Crippen LogP contribution in [-0.2, 0) is 17.8 Å². The average Bonchev–Trinajstić information content (AvgIpc) is 2.75. The van der Waals surface area contributed by atoms with Gasteiger partial charge >= 0.3 is 0 Å². The lowest BCUT2D eigenvalue weighted by Gasteiger charge is -2.14. The van der Waals surface area contributed by atoms with Gasteiger partial charge < -0.3 is 25.4 Å². The first-order chi connectivity index (χ1) is 14.6. The van der Waals surface area contributed by atoms with Gasteiger partial charge in [0.1, 0.15) is 11.6 Å². The third-order valence-electron chi connectivity index (χ3n) is 5.08. The van der Waals surface area contributed by atoms with Gasteiger partial charge in [0, 0.05) is 25.3 Å². The van der Waals surface area contributed by atoms with Crippen LogP contribution in [0.5, 0.6) is 5.75 Å². The number of aliphatic hydroxyl groups excluding tert-OH is 2. The topological polar surface area (TPSA) is 82.0 Å². The second-order valence-corrected chi connectivity index (χ2v) is 7.49. The zero-order valence-electron chi connectivity index (χ0n) is 17.5. The van der Waals surface area contributed by atoms with Crippen LogP contribution in [-0.4, -0.2) is 41.6 Å². The lowest BCUT2D eigenvalue weighted by atomic mass is 10.1. The molecule has 2 aromatic carbocycles. The highest BCUT2D eigenvalue weighted by molar-refractivity contribution is 5.36. The van der Waals surface area contributed by atoms with Crippen molar-refractivity contribution in [2.45, 2.75) is 51.2 Å². The van der Waals surface area contributed by atoms with Crippen molar-refractivity contribution in [2.75, 3.05) is 26.3 Å². The fraction of sp³-hybridized carbons (Fsp3) is 0.500. The molecule has 6 heteroatoms. The molecule has 2 aromatic rings. The zero-order chi connectivity index (χ0) is 21.6. The summed E-state index contributed by atoms with van der Waals surface area (Å²) in [5.41, 5.74) is 1.84. The molecular formula is C24H34FNO4. The molecule has 0 aliphatic rings. The van der Waals surface area contributed by atoms with Gasteiger partial charge in [-0.3, -0.25) is 0 Å². The first kappa shape index (κ1) is 24.3. The number of hydrogen-bond acceptors (Lipinski definition) is 5. The van der Waals surface area contributed by atoms with Crippen LogP contribution in [0.2, 0.25) is 0 Å². The van der Waals surface area contributed by atoms with E-state index in [0.29, 0.717) is 30.7 Å². The molecule has 2 rings (SSSR count). The summed E-state index contributed by atoms with van der Waals surface area (Å²) < 4.78 is 19.1. The summed E-state index contributed by atoms with van der Waals surface area (Å²) in [4.78, 5) is 0. The van der Waals surface area contributed by atoms with Gasteiger partial charge in [0.15, 0.2) is 0 Å². The van der Waals surface area contributed by atoms with Gasteiger partial charge in [0.2, 0.25) is 0 Å². The van der Waals surface area contributed by atoms with Crippen molar-refractivity contribution in [3.63, 3.8) is 0 Å². The Morgan fingerprint density at radius 1 is 0.933 bits per heavy atom. The highest BCUT2D eigenvalue weighted by atomic mass is 19.1. The lowest BCUT2D eigenvalue weighted by molar-refractivity contribution is 0.127. The number of aliphatic hydroxyl groups is 2. The predicted octanol–water partition coefficient (Wildman–Crippen LogP) is 3.86. The van der Waals surface area contributed by atoms with Gasteiger partial charge in [-0.2, -0.15) is 0 Å². The predicted molar refractivity (Wildman–Crippen MR) is 116 cm³/mol. The van der Waals surface area contributed by atoms with E-state index in [1.54, 1.807) is 18.2 Å². The second-order valence-electron chi connectivity index (χ2n) is 7.49. The summed E-state index contributed by atoms with van der Waals surface area (Å²) in [7, 11) is 0. The van der Waals surface area contributed by atoms with Crippen molar-refractivity contribution in [1.29, 1.82) is 0 Å².